The topological polar surface area (TPSA) is 69.6 Å². The van der Waals surface area contributed by atoms with Crippen molar-refractivity contribution in [1.82, 2.24) is 5.48 Å². The zero-order valence-corrected chi connectivity index (χ0v) is 5.09. The Morgan fingerprint density at radius 3 is 2.67 bits per heavy atom. The van der Waals surface area contributed by atoms with Gasteiger partial charge < -0.3 is 10.3 Å². The van der Waals surface area contributed by atoms with Crippen LogP contribution in [0.3, 0.4) is 0 Å². The van der Waals surface area contributed by atoms with Crippen molar-refractivity contribution in [3.63, 3.8) is 0 Å². The fourth-order valence-electron chi connectivity index (χ4n) is 0.387. The average Bonchev–Trinajstić information content (AvgIpc) is 1.63. The fourth-order valence-corrected chi connectivity index (χ4v) is 0.387. The lowest BCUT2D eigenvalue weighted by Gasteiger charge is -1.93. The molecule has 0 spiro atoms. The maximum Gasteiger partial charge on any atom is 0.328 e. The normalized spacial score (nSPS) is 11.6. The van der Waals surface area contributed by atoms with E-state index < -0.39 is 5.97 Å². The van der Waals surface area contributed by atoms with Gasteiger partial charge in [0.05, 0.1) is 0 Å². The average molecular weight is 131 g/mol. The molecule has 0 saturated heterocycles. The van der Waals surface area contributed by atoms with Crippen molar-refractivity contribution < 1.29 is 15.1 Å². The molecule has 0 unspecified atom stereocenters. The number of aliphatic carboxylic acids is 1. The van der Waals surface area contributed by atoms with E-state index in [0.29, 0.717) is 5.57 Å². The van der Waals surface area contributed by atoms with Crippen LogP contribution in [0.4, 0.5) is 0 Å². The summed E-state index contributed by atoms with van der Waals surface area (Å²) in [6.07, 6.45) is 1.03. The van der Waals surface area contributed by atoms with E-state index in [1.165, 1.54) is 0 Å². The Hall–Kier alpha value is -0.870. The standard InChI is InChI=1S/C5H9NO3/c1-4(3-6-9)2-5(7)8/h2,6,9H,3H2,1H3,(H,7,8)/b4-2+. The summed E-state index contributed by atoms with van der Waals surface area (Å²) in [5, 5.41) is 16.2. The van der Waals surface area contributed by atoms with E-state index in [-0.39, 0.29) is 6.54 Å². The van der Waals surface area contributed by atoms with Crippen LogP contribution in [0.5, 0.6) is 0 Å². The Labute approximate surface area is 52.8 Å². The second-order valence-electron chi connectivity index (χ2n) is 1.66. The molecule has 3 N–H and O–H groups in total. The van der Waals surface area contributed by atoms with Crippen LogP contribution in [0, 0.1) is 0 Å². The van der Waals surface area contributed by atoms with Crippen molar-refractivity contribution in [2.24, 2.45) is 0 Å². The van der Waals surface area contributed by atoms with E-state index >= 15 is 0 Å². The number of carboxylic acids is 1. The van der Waals surface area contributed by atoms with Gasteiger partial charge in [0.15, 0.2) is 0 Å². The largest absolute Gasteiger partial charge is 0.478 e. The van der Waals surface area contributed by atoms with Crippen LogP contribution >= 0.6 is 0 Å². The van der Waals surface area contributed by atoms with Gasteiger partial charge in [-0.15, -0.1) is 0 Å². The molecule has 0 aromatic heterocycles. The molecule has 0 atom stereocenters. The van der Waals surface area contributed by atoms with Crippen molar-refractivity contribution >= 4 is 5.97 Å². The van der Waals surface area contributed by atoms with E-state index in [9.17, 15) is 4.79 Å². The summed E-state index contributed by atoms with van der Waals surface area (Å²) in [7, 11) is 0. The third-order valence-electron chi connectivity index (χ3n) is 0.728. The molecule has 0 radical (unpaired) electrons. The number of hydroxylamine groups is 1. The second-order valence-corrected chi connectivity index (χ2v) is 1.66. The molecule has 0 aliphatic heterocycles. The molecule has 0 aromatic rings. The van der Waals surface area contributed by atoms with Gasteiger partial charge in [-0.3, -0.25) is 0 Å². The molecule has 0 saturated carbocycles. The molecule has 4 heteroatoms. The maximum absolute atomic E-state index is 9.90. The molecule has 52 valence electrons. The molecule has 0 heterocycles. The third kappa shape index (κ3) is 4.99. The Balaban J connectivity index is 3.69. The van der Waals surface area contributed by atoms with Crippen LogP contribution in [0.1, 0.15) is 6.92 Å². The zero-order valence-electron chi connectivity index (χ0n) is 5.09. The van der Waals surface area contributed by atoms with Crippen LogP contribution in [0.25, 0.3) is 0 Å². The van der Waals surface area contributed by atoms with E-state index in [4.69, 9.17) is 10.3 Å². The van der Waals surface area contributed by atoms with Gasteiger partial charge in [0.2, 0.25) is 0 Å². The minimum Gasteiger partial charge on any atom is -0.478 e. The van der Waals surface area contributed by atoms with Crippen LogP contribution in [-0.4, -0.2) is 22.8 Å². The summed E-state index contributed by atoms with van der Waals surface area (Å²) in [4.78, 5) is 9.90. The maximum atomic E-state index is 9.90. The van der Waals surface area contributed by atoms with E-state index in [1.54, 1.807) is 6.92 Å². The Bertz CT molecular complexity index is 130. The number of hydrogen-bond acceptors (Lipinski definition) is 3. The molecular weight excluding hydrogens is 122 g/mol. The van der Waals surface area contributed by atoms with E-state index in [1.807, 2.05) is 5.48 Å². The highest BCUT2D eigenvalue weighted by Crippen LogP contribution is 1.87. The smallest absolute Gasteiger partial charge is 0.328 e. The van der Waals surface area contributed by atoms with Gasteiger partial charge in [0.1, 0.15) is 0 Å². The molecule has 0 amide bonds. The number of carbonyl (C=O) groups is 1. The molecule has 0 bridgehead atoms. The minimum atomic E-state index is -0.997. The first kappa shape index (κ1) is 8.13. The van der Waals surface area contributed by atoms with Gasteiger partial charge in [0, 0.05) is 12.6 Å². The van der Waals surface area contributed by atoms with Gasteiger partial charge >= 0.3 is 5.97 Å². The Morgan fingerprint density at radius 2 is 2.33 bits per heavy atom. The summed E-state index contributed by atoms with van der Waals surface area (Å²) in [5.74, 6) is -0.997. The van der Waals surface area contributed by atoms with Crippen LogP contribution in [0.2, 0.25) is 0 Å². The van der Waals surface area contributed by atoms with Crippen molar-refractivity contribution in [2.45, 2.75) is 6.92 Å². The Morgan fingerprint density at radius 1 is 1.78 bits per heavy atom. The van der Waals surface area contributed by atoms with Crippen molar-refractivity contribution in [2.75, 3.05) is 6.54 Å². The van der Waals surface area contributed by atoms with Crippen molar-refractivity contribution in [1.29, 1.82) is 0 Å². The SMILES string of the molecule is C/C(=C\C(=O)O)CNO. The summed E-state index contributed by atoms with van der Waals surface area (Å²) >= 11 is 0. The van der Waals surface area contributed by atoms with Gasteiger partial charge in [-0.2, -0.15) is 0 Å². The molecule has 0 fully saturated rings. The quantitative estimate of drug-likeness (QED) is 0.372. The van der Waals surface area contributed by atoms with Crippen LogP contribution in [0.15, 0.2) is 11.6 Å². The third-order valence-corrected chi connectivity index (χ3v) is 0.728. The first-order chi connectivity index (χ1) is 4.16. The van der Waals surface area contributed by atoms with Crippen LogP contribution < -0.4 is 5.48 Å². The van der Waals surface area contributed by atoms with Crippen molar-refractivity contribution in [3.05, 3.63) is 11.6 Å². The molecule has 9 heavy (non-hydrogen) atoms. The minimum absolute atomic E-state index is 0.187. The van der Waals surface area contributed by atoms with Gasteiger partial charge in [-0.1, -0.05) is 5.57 Å². The lowest BCUT2D eigenvalue weighted by molar-refractivity contribution is -0.131. The predicted molar refractivity (Wildman–Crippen MR) is 31.2 cm³/mol. The van der Waals surface area contributed by atoms with Gasteiger partial charge in [-0.05, 0) is 6.92 Å². The highest BCUT2D eigenvalue weighted by atomic mass is 16.5. The summed E-state index contributed by atoms with van der Waals surface area (Å²) < 4.78 is 0. The number of nitrogens with one attached hydrogen (secondary N) is 1. The number of carboxylic acid groups (broad SMARTS) is 1. The highest BCUT2D eigenvalue weighted by molar-refractivity contribution is 5.80. The highest BCUT2D eigenvalue weighted by Gasteiger charge is 1.90. The van der Waals surface area contributed by atoms with E-state index in [2.05, 4.69) is 0 Å². The fraction of sp³-hybridized carbons (Fsp3) is 0.400. The second kappa shape index (κ2) is 4.05. The summed E-state index contributed by atoms with van der Waals surface area (Å²) in [6.45, 7) is 1.80. The molecule has 0 aliphatic rings. The monoisotopic (exact) mass is 131 g/mol. The Kier molecular flexibility index (Phi) is 3.66. The molecular formula is C5H9NO3. The number of hydrogen-bond donors (Lipinski definition) is 3. The van der Waals surface area contributed by atoms with Crippen LogP contribution in [-0.2, 0) is 4.79 Å². The first-order valence-electron chi connectivity index (χ1n) is 2.44. The zero-order chi connectivity index (χ0) is 7.28. The molecule has 0 aromatic carbocycles. The summed E-state index contributed by atoms with van der Waals surface area (Å²) in [6, 6.07) is 0. The molecule has 0 aliphatic carbocycles. The number of rotatable bonds is 3. The lowest BCUT2D eigenvalue weighted by atomic mass is 10.3. The first-order valence-corrected chi connectivity index (χ1v) is 2.44. The predicted octanol–water partition coefficient (Wildman–Crippen LogP) is -0.00390. The molecule has 0 rings (SSSR count). The van der Waals surface area contributed by atoms with Gasteiger partial charge in [0.25, 0.3) is 0 Å². The van der Waals surface area contributed by atoms with Crippen molar-refractivity contribution in [3.8, 4) is 0 Å². The van der Waals surface area contributed by atoms with Gasteiger partial charge in [-0.25, -0.2) is 10.3 Å². The van der Waals surface area contributed by atoms with E-state index in [0.717, 1.165) is 6.08 Å². The lowest BCUT2D eigenvalue weighted by Crippen LogP contribution is -2.10. The summed E-state index contributed by atoms with van der Waals surface area (Å²) in [5.41, 5.74) is 2.42. The molecule has 4 nitrogen and oxygen atoms in total.